The van der Waals surface area contributed by atoms with E-state index < -0.39 is 0 Å². The van der Waals surface area contributed by atoms with Crippen molar-refractivity contribution in [3.63, 3.8) is 0 Å². The molecule has 3 fully saturated rings. The lowest BCUT2D eigenvalue weighted by Crippen LogP contribution is -2.56. The molecule has 1 unspecified atom stereocenters. The molecular formula is C18H34N2. The van der Waals surface area contributed by atoms with Gasteiger partial charge in [-0.2, -0.15) is 0 Å². The highest BCUT2D eigenvalue weighted by Crippen LogP contribution is 2.38. The van der Waals surface area contributed by atoms with E-state index in [1.165, 1.54) is 83.6 Å². The fourth-order valence-electron chi connectivity index (χ4n) is 5.37. The molecular weight excluding hydrogens is 244 g/mol. The number of nitrogens with zero attached hydrogens (tertiary/aromatic N) is 1. The van der Waals surface area contributed by atoms with Gasteiger partial charge in [-0.3, -0.25) is 4.90 Å². The molecule has 2 nitrogen and oxygen atoms in total. The highest BCUT2D eigenvalue weighted by atomic mass is 15.2. The summed E-state index contributed by atoms with van der Waals surface area (Å²) in [7, 11) is 0. The summed E-state index contributed by atoms with van der Waals surface area (Å²) in [6, 6.07) is 1.58. The van der Waals surface area contributed by atoms with Crippen LogP contribution in [-0.4, -0.2) is 30.1 Å². The van der Waals surface area contributed by atoms with Crippen LogP contribution in [0.3, 0.4) is 0 Å². The standard InChI is InChI=1S/C18H34N2/c19-14-18(16-8-3-1-2-4-9-16)20-13-7-11-15-10-5-6-12-17(15)20/h15-18H,1-14,19H2/t15-,17-,18?/m1/s1. The van der Waals surface area contributed by atoms with Gasteiger partial charge in [0.05, 0.1) is 0 Å². The molecule has 3 atom stereocenters. The number of piperidine rings is 1. The molecule has 0 aromatic carbocycles. The van der Waals surface area contributed by atoms with Crippen molar-refractivity contribution >= 4 is 0 Å². The number of hydrogen-bond donors (Lipinski definition) is 1. The third-order valence-electron chi connectivity index (χ3n) is 6.40. The first-order chi connectivity index (χ1) is 9.90. The van der Waals surface area contributed by atoms with Crippen LogP contribution in [-0.2, 0) is 0 Å². The molecule has 2 N–H and O–H groups in total. The van der Waals surface area contributed by atoms with Crippen LogP contribution in [0.25, 0.3) is 0 Å². The molecule has 1 saturated heterocycles. The molecule has 0 radical (unpaired) electrons. The van der Waals surface area contributed by atoms with E-state index in [9.17, 15) is 0 Å². The first kappa shape index (κ1) is 14.8. The van der Waals surface area contributed by atoms with Crippen molar-refractivity contribution in [3.8, 4) is 0 Å². The Morgan fingerprint density at radius 1 is 0.800 bits per heavy atom. The van der Waals surface area contributed by atoms with E-state index in [4.69, 9.17) is 5.73 Å². The van der Waals surface area contributed by atoms with E-state index in [1.54, 1.807) is 0 Å². The van der Waals surface area contributed by atoms with E-state index in [2.05, 4.69) is 4.90 Å². The van der Waals surface area contributed by atoms with E-state index in [-0.39, 0.29) is 0 Å². The Labute approximate surface area is 125 Å². The molecule has 116 valence electrons. The molecule has 0 aromatic rings. The Bertz CT molecular complexity index is 281. The fraction of sp³-hybridized carbons (Fsp3) is 1.00. The second-order valence-electron chi connectivity index (χ2n) is 7.55. The van der Waals surface area contributed by atoms with Gasteiger partial charge >= 0.3 is 0 Å². The van der Waals surface area contributed by atoms with Crippen molar-refractivity contribution < 1.29 is 0 Å². The normalized spacial score (nSPS) is 35.2. The molecule has 0 aromatic heterocycles. The van der Waals surface area contributed by atoms with Crippen molar-refractivity contribution in [1.29, 1.82) is 0 Å². The lowest BCUT2D eigenvalue weighted by Gasteiger charge is -2.49. The summed E-state index contributed by atoms with van der Waals surface area (Å²) in [5.74, 6) is 1.89. The molecule has 0 spiro atoms. The number of likely N-dealkylation sites (tertiary alicyclic amines) is 1. The maximum atomic E-state index is 6.27. The number of rotatable bonds is 3. The van der Waals surface area contributed by atoms with Crippen LogP contribution in [0.15, 0.2) is 0 Å². The van der Waals surface area contributed by atoms with Gasteiger partial charge in [0.2, 0.25) is 0 Å². The van der Waals surface area contributed by atoms with Crippen LogP contribution in [0.1, 0.15) is 77.0 Å². The average molecular weight is 278 g/mol. The van der Waals surface area contributed by atoms with Crippen molar-refractivity contribution in [1.82, 2.24) is 4.90 Å². The lowest BCUT2D eigenvalue weighted by atomic mass is 9.76. The molecule has 2 heteroatoms. The van der Waals surface area contributed by atoms with Crippen LogP contribution in [0.2, 0.25) is 0 Å². The van der Waals surface area contributed by atoms with Crippen LogP contribution < -0.4 is 5.73 Å². The molecule has 3 aliphatic rings. The molecule has 0 bridgehead atoms. The van der Waals surface area contributed by atoms with Crippen LogP contribution in [0, 0.1) is 11.8 Å². The summed E-state index contributed by atoms with van der Waals surface area (Å²) in [5, 5.41) is 0. The van der Waals surface area contributed by atoms with Gasteiger partial charge in [0.15, 0.2) is 0 Å². The first-order valence-electron chi connectivity index (χ1n) is 9.36. The van der Waals surface area contributed by atoms with Gasteiger partial charge in [-0.1, -0.05) is 38.5 Å². The van der Waals surface area contributed by atoms with Gasteiger partial charge < -0.3 is 5.73 Å². The smallest absolute Gasteiger partial charge is 0.0249 e. The quantitative estimate of drug-likeness (QED) is 0.792. The summed E-state index contributed by atoms with van der Waals surface area (Å²) in [6.45, 7) is 2.23. The average Bonchev–Trinajstić information content (AvgIpc) is 2.78. The minimum Gasteiger partial charge on any atom is -0.329 e. The van der Waals surface area contributed by atoms with Crippen molar-refractivity contribution in [2.45, 2.75) is 89.1 Å². The molecule has 20 heavy (non-hydrogen) atoms. The van der Waals surface area contributed by atoms with Crippen molar-refractivity contribution in [2.24, 2.45) is 17.6 Å². The second kappa shape index (κ2) is 7.26. The first-order valence-corrected chi connectivity index (χ1v) is 9.36. The minimum atomic E-state index is 0.694. The molecule has 1 heterocycles. The lowest BCUT2D eigenvalue weighted by molar-refractivity contribution is 0.00500. The van der Waals surface area contributed by atoms with Crippen molar-refractivity contribution in [2.75, 3.05) is 13.1 Å². The predicted molar refractivity (Wildman–Crippen MR) is 85.7 cm³/mol. The second-order valence-corrected chi connectivity index (χ2v) is 7.55. The zero-order valence-corrected chi connectivity index (χ0v) is 13.2. The molecule has 0 amide bonds. The molecule has 3 rings (SSSR count). The Kier molecular flexibility index (Phi) is 5.39. The third-order valence-corrected chi connectivity index (χ3v) is 6.40. The van der Waals surface area contributed by atoms with Crippen LogP contribution >= 0.6 is 0 Å². The Balaban J connectivity index is 1.69. The van der Waals surface area contributed by atoms with Gasteiger partial charge in [-0.25, -0.2) is 0 Å². The summed E-state index contributed by atoms with van der Waals surface area (Å²) >= 11 is 0. The van der Waals surface area contributed by atoms with E-state index in [1.807, 2.05) is 0 Å². The Morgan fingerprint density at radius 3 is 2.20 bits per heavy atom. The number of fused-ring (bicyclic) bond motifs is 1. The Hall–Kier alpha value is -0.0800. The topological polar surface area (TPSA) is 29.3 Å². The van der Waals surface area contributed by atoms with Crippen LogP contribution in [0.5, 0.6) is 0 Å². The van der Waals surface area contributed by atoms with Gasteiger partial charge in [0.25, 0.3) is 0 Å². The molecule has 2 aliphatic carbocycles. The zero-order valence-electron chi connectivity index (χ0n) is 13.2. The highest BCUT2D eigenvalue weighted by Gasteiger charge is 2.38. The minimum absolute atomic E-state index is 0.694. The summed E-state index contributed by atoms with van der Waals surface area (Å²) in [4.78, 5) is 2.89. The summed E-state index contributed by atoms with van der Waals surface area (Å²) in [6.07, 6.45) is 17.5. The SMILES string of the molecule is NCC(C1CCCCCC1)N1CCC[C@H]2CCCC[C@H]21. The zero-order chi connectivity index (χ0) is 13.8. The number of hydrogen-bond acceptors (Lipinski definition) is 2. The van der Waals surface area contributed by atoms with E-state index >= 15 is 0 Å². The largest absolute Gasteiger partial charge is 0.329 e. The van der Waals surface area contributed by atoms with Gasteiger partial charge in [-0.15, -0.1) is 0 Å². The van der Waals surface area contributed by atoms with Gasteiger partial charge in [-0.05, 0) is 56.9 Å². The predicted octanol–water partition coefficient (Wildman–Crippen LogP) is 3.94. The van der Waals surface area contributed by atoms with Crippen molar-refractivity contribution in [3.05, 3.63) is 0 Å². The van der Waals surface area contributed by atoms with E-state index in [0.29, 0.717) is 6.04 Å². The molecule has 2 saturated carbocycles. The van der Waals surface area contributed by atoms with Gasteiger partial charge in [0.1, 0.15) is 0 Å². The summed E-state index contributed by atoms with van der Waals surface area (Å²) < 4.78 is 0. The monoisotopic (exact) mass is 278 g/mol. The maximum absolute atomic E-state index is 6.27. The Morgan fingerprint density at radius 2 is 1.45 bits per heavy atom. The molecule has 1 aliphatic heterocycles. The summed E-state index contributed by atoms with van der Waals surface area (Å²) in [5.41, 5.74) is 6.27. The van der Waals surface area contributed by atoms with Crippen LogP contribution in [0.4, 0.5) is 0 Å². The van der Waals surface area contributed by atoms with E-state index in [0.717, 1.165) is 24.4 Å². The maximum Gasteiger partial charge on any atom is 0.0249 e. The third kappa shape index (κ3) is 3.22. The number of nitrogens with two attached hydrogens (primary N) is 1. The van der Waals surface area contributed by atoms with Gasteiger partial charge in [0, 0.05) is 18.6 Å². The highest BCUT2D eigenvalue weighted by molar-refractivity contribution is 4.93. The fourth-order valence-corrected chi connectivity index (χ4v) is 5.37.